The van der Waals surface area contributed by atoms with Crippen molar-refractivity contribution in [3.05, 3.63) is 34.4 Å². The summed E-state index contributed by atoms with van der Waals surface area (Å²) in [6.07, 6.45) is 1.55. The number of hydrogen-bond donors (Lipinski definition) is 1. The topological polar surface area (TPSA) is 61.0 Å². The Morgan fingerprint density at radius 2 is 2.00 bits per heavy atom. The van der Waals surface area contributed by atoms with Gasteiger partial charge in [0, 0.05) is 5.56 Å². The molecule has 17 heavy (non-hydrogen) atoms. The Morgan fingerprint density at radius 1 is 1.24 bits per heavy atom. The van der Waals surface area contributed by atoms with Crippen molar-refractivity contribution < 1.29 is 4.74 Å². The van der Waals surface area contributed by atoms with Crippen molar-refractivity contribution in [3.63, 3.8) is 0 Å². The number of anilines is 1. The molecule has 1 heterocycles. The number of nitrogens with zero attached hydrogens (tertiary/aromatic N) is 2. The van der Waals surface area contributed by atoms with Crippen LogP contribution in [0.2, 0.25) is 10.0 Å². The van der Waals surface area contributed by atoms with Crippen LogP contribution in [0.15, 0.2) is 24.4 Å². The first-order chi connectivity index (χ1) is 8.11. The van der Waals surface area contributed by atoms with Crippen molar-refractivity contribution >= 4 is 29.0 Å². The molecule has 0 aliphatic heterocycles. The van der Waals surface area contributed by atoms with Crippen LogP contribution in [0.5, 0.6) is 5.88 Å². The van der Waals surface area contributed by atoms with Crippen LogP contribution in [0.3, 0.4) is 0 Å². The van der Waals surface area contributed by atoms with Crippen LogP contribution in [0.25, 0.3) is 11.3 Å². The predicted molar refractivity (Wildman–Crippen MR) is 68.5 cm³/mol. The fraction of sp³-hybridized carbons (Fsp3) is 0.0909. The molecule has 0 saturated carbocycles. The van der Waals surface area contributed by atoms with Crippen molar-refractivity contribution in [2.75, 3.05) is 12.8 Å². The third-order valence-electron chi connectivity index (χ3n) is 2.18. The van der Waals surface area contributed by atoms with E-state index in [-0.39, 0.29) is 11.7 Å². The van der Waals surface area contributed by atoms with Crippen molar-refractivity contribution in [1.29, 1.82) is 0 Å². The third kappa shape index (κ3) is 2.43. The Labute approximate surface area is 108 Å². The van der Waals surface area contributed by atoms with Crippen molar-refractivity contribution in [1.82, 2.24) is 9.97 Å². The number of nitrogens with two attached hydrogens (primary N) is 1. The van der Waals surface area contributed by atoms with E-state index in [2.05, 4.69) is 9.97 Å². The second-order valence-corrected chi connectivity index (χ2v) is 4.09. The normalized spacial score (nSPS) is 10.3. The minimum atomic E-state index is 0.247. The highest BCUT2D eigenvalue weighted by atomic mass is 35.5. The second kappa shape index (κ2) is 4.77. The van der Waals surface area contributed by atoms with Gasteiger partial charge in [0.15, 0.2) is 5.82 Å². The van der Waals surface area contributed by atoms with Crippen molar-refractivity contribution in [3.8, 4) is 17.1 Å². The number of aromatic nitrogens is 2. The number of nitrogen functional groups attached to an aromatic ring is 1. The molecule has 0 fully saturated rings. The molecule has 0 saturated heterocycles. The average Bonchev–Trinajstić information content (AvgIpc) is 2.33. The molecule has 0 bridgehead atoms. The van der Waals surface area contributed by atoms with E-state index < -0.39 is 0 Å². The molecular weight excluding hydrogens is 261 g/mol. The zero-order valence-corrected chi connectivity index (χ0v) is 10.5. The van der Waals surface area contributed by atoms with Gasteiger partial charge in [-0.05, 0) is 12.1 Å². The van der Waals surface area contributed by atoms with E-state index in [0.717, 1.165) is 5.56 Å². The Bertz CT molecular complexity index is 560. The fourth-order valence-corrected chi connectivity index (χ4v) is 1.62. The molecule has 0 aliphatic carbocycles. The lowest BCUT2D eigenvalue weighted by molar-refractivity contribution is 0.399. The molecule has 0 unspecified atom stereocenters. The lowest BCUT2D eigenvalue weighted by Gasteiger charge is -2.06. The molecule has 0 amide bonds. The molecule has 2 aromatic rings. The molecular formula is C11H9Cl2N3O. The Hall–Kier alpha value is -1.52. The summed E-state index contributed by atoms with van der Waals surface area (Å²) in [7, 11) is 1.49. The first-order valence-electron chi connectivity index (χ1n) is 4.73. The molecule has 1 aromatic carbocycles. The number of hydrogen-bond acceptors (Lipinski definition) is 4. The highest BCUT2D eigenvalue weighted by Crippen LogP contribution is 2.28. The summed E-state index contributed by atoms with van der Waals surface area (Å²) in [6.45, 7) is 0. The van der Waals surface area contributed by atoms with Crippen molar-refractivity contribution in [2.45, 2.75) is 0 Å². The lowest BCUT2D eigenvalue weighted by atomic mass is 10.2. The summed E-state index contributed by atoms with van der Waals surface area (Å²) < 4.78 is 5.00. The van der Waals surface area contributed by atoms with Gasteiger partial charge in [-0.3, -0.25) is 0 Å². The van der Waals surface area contributed by atoms with Gasteiger partial charge in [-0.25, -0.2) is 9.97 Å². The fourth-order valence-electron chi connectivity index (χ4n) is 1.33. The van der Waals surface area contributed by atoms with Gasteiger partial charge < -0.3 is 10.5 Å². The minimum absolute atomic E-state index is 0.247. The van der Waals surface area contributed by atoms with Gasteiger partial charge in [-0.1, -0.05) is 29.3 Å². The molecule has 88 valence electrons. The third-order valence-corrected chi connectivity index (χ3v) is 2.91. The average molecular weight is 270 g/mol. The van der Waals surface area contributed by atoms with Crippen LogP contribution in [0.4, 0.5) is 5.82 Å². The van der Waals surface area contributed by atoms with Gasteiger partial charge in [-0.15, -0.1) is 0 Å². The molecule has 4 nitrogen and oxygen atoms in total. The number of benzene rings is 1. The van der Waals surface area contributed by atoms with Gasteiger partial charge in [-0.2, -0.15) is 0 Å². The van der Waals surface area contributed by atoms with E-state index in [1.165, 1.54) is 7.11 Å². The van der Waals surface area contributed by atoms with Crippen LogP contribution in [0, 0.1) is 0 Å². The minimum Gasteiger partial charge on any atom is -0.478 e. The maximum absolute atomic E-state index is 5.93. The number of halogens is 2. The number of methoxy groups -OCH3 is 1. The maximum Gasteiger partial charge on any atom is 0.257 e. The monoisotopic (exact) mass is 269 g/mol. The van der Waals surface area contributed by atoms with Gasteiger partial charge in [0.1, 0.15) is 0 Å². The molecule has 0 spiro atoms. The first kappa shape index (κ1) is 12.0. The van der Waals surface area contributed by atoms with Crippen LogP contribution >= 0.6 is 23.2 Å². The van der Waals surface area contributed by atoms with E-state index in [9.17, 15) is 0 Å². The highest BCUT2D eigenvalue weighted by molar-refractivity contribution is 6.42. The first-order valence-corrected chi connectivity index (χ1v) is 5.49. The Balaban J connectivity index is 2.49. The largest absolute Gasteiger partial charge is 0.478 e. The van der Waals surface area contributed by atoms with Crippen LogP contribution in [-0.4, -0.2) is 17.1 Å². The zero-order chi connectivity index (χ0) is 12.4. The predicted octanol–water partition coefficient (Wildman–Crippen LogP) is 3.04. The molecule has 0 radical (unpaired) electrons. The lowest BCUT2D eigenvalue weighted by Crippen LogP contribution is -1.99. The molecule has 0 atom stereocenters. The van der Waals surface area contributed by atoms with Crippen LogP contribution in [0.1, 0.15) is 0 Å². The summed E-state index contributed by atoms with van der Waals surface area (Å²) in [4.78, 5) is 8.21. The maximum atomic E-state index is 5.93. The number of ether oxygens (including phenoxy) is 1. The summed E-state index contributed by atoms with van der Waals surface area (Å²) in [5.74, 6) is 0.532. The summed E-state index contributed by atoms with van der Waals surface area (Å²) >= 11 is 11.8. The van der Waals surface area contributed by atoms with Crippen LogP contribution < -0.4 is 10.5 Å². The van der Waals surface area contributed by atoms with E-state index in [1.807, 2.05) is 0 Å². The summed E-state index contributed by atoms with van der Waals surface area (Å²) in [5.41, 5.74) is 7.00. The van der Waals surface area contributed by atoms with E-state index in [0.29, 0.717) is 15.7 Å². The smallest absolute Gasteiger partial charge is 0.257 e. The number of rotatable bonds is 2. The van der Waals surface area contributed by atoms with E-state index in [4.69, 9.17) is 33.7 Å². The Morgan fingerprint density at radius 3 is 2.65 bits per heavy atom. The zero-order valence-electron chi connectivity index (χ0n) is 8.95. The van der Waals surface area contributed by atoms with E-state index in [1.54, 1.807) is 24.4 Å². The van der Waals surface area contributed by atoms with Crippen LogP contribution in [-0.2, 0) is 0 Å². The molecule has 0 aliphatic rings. The molecule has 2 N–H and O–H groups in total. The highest BCUT2D eigenvalue weighted by Gasteiger charge is 2.08. The molecule has 2 rings (SSSR count). The van der Waals surface area contributed by atoms with Gasteiger partial charge in [0.25, 0.3) is 5.88 Å². The SMILES string of the molecule is COc1nc(-c2ccc(Cl)c(Cl)c2)cnc1N. The summed E-state index contributed by atoms with van der Waals surface area (Å²) in [5, 5.41) is 0.951. The standard InChI is InChI=1S/C11H9Cl2N3O/c1-17-11-10(14)15-5-9(16-11)6-2-3-7(12)8(13)4-6/h2-5H,1H3,(H2,14,15). The van der Waals surface area contributed by atoms with Gasteiger partial charge >= 0.3 is 0 Å². The molecule has 6 heteroatoms. The van der Waals surface area contributed by atoms with Gasteiger partial charge in [0.05, 0.1) is 29.0 Å². The summed E-state index contributed by atoms with van der Waals surface area (Å²) in [6, 6.07) is 5.21. The molecule has 1 aromatic heterocycles. The quantitative estimate of drug-likeness (QED) is 0.911. The van der Waals surface area contributed by atoms with E-state index >= 15 is 0 Å². The second-order valence-electron chi connectivity index (χ2n) is 3.28. The van der Waals surface area contributed by atoms with Crippen molar-refractivity contribution in [2.24, 2.45) is 0 Å². The van der Waals surface area contributed by atoms with Gasteiger partial charge in [0.2, 0.25) is 0 Å². The Kier molecular flexibility index (Phi) is 3.36.